The average molecular weight is 286 g/mol. The van der Waals surface area contributed by atoms with Crippen LogP contribution in [0.3, 0.4) is 0 Å². The van der Waals surface area contributed by atoms with Crippen LogP contribution in [0.2, 0.25) is 0 Å². The molecule has 0 bridgehead atoms. The maximum Gasteiger partial charge on any atom is 0.245 e. The third-order valence-corrected chi connectivity index (χ3v) is 5.04. The van der Waals surface area contributed by atoms with Crippen molar-refractivity contribution in [3.8, 4) is 0 Å². The van der Waals surface area contributed by atoms with Gasteiger partial charge in [0.15, 0.2) is 0 Å². The summed E-state index contributed by atoms with van der Waals surface area (Å²) in [5, 5.41) is 3.45. The van der Waals surface area contributed by atoms with Gasteiger partial charge in [0.1, 0.15) is 6.04 Å². The molecule has 1 saturated carbocycles. The molecule has 4 unspecified atom stereocenters. The first-order valence-electron chi connectivity index (χ1n) is 8.26. The lowest BCUT2D eigenvalue weighted by Gasteiger charge is -2.31. The highest BCUT2D eigenvalue weighted by molar-refractivity contribution is 5.85. The Bertz CT molecular complexity index is 487. The van der Waals surface area contributed by atoms with Crippen molar-refractivity contribution in [1.82, 2.24) is 10.2 Å². The molecule has 3 rings (SSSR count). The van der Waals surface area contributed by atoms with Crippen molar-refractivity contribution >= 4 is 5.91 Å². The van der Waals surface area contributed by atoms with Crippen molar-refractivity contribution in [2.45, 2.75) is 51.7 Å². The third-order valence-electron chi connectivity index (χ3n) is 5.04. The van der Waals surface area contributed by atoms with Gasteiger partial charge in [-0.15, -0.1) is 0 Å². The van der Waals surface area contributed by atoms with Gasteiger partial charge in [0, 0.05) is 6.54 Å². The van der Waals surface area contributed by atoms with Crippen LogP contribution < -0.4 is 5.32 Å². The first-order valence-corrected chi connectivity index (χ1v) is 8.26. The molecule has 3 nitrogen and oxygen atoms in total. The number of rotatable bonds is 3. The summed E-state index contributed by atoms with van der Waals surface area (Å²) >= 11 is 0. The van der Waals surface area contributed by atoms with Crippen LogP contribution in [0.5, 0.6) is 0 Å². The molecule has 1 aliphatic heterocycles. The number of hydrogen-bond donors (Lipinski definition) is 1. The Morgan fingerprint density at radius 3 is 2.67 bits per heavy atom. The van der Waals surface area contributed by atoms with E-state index in [0.29, 0.717) is 5.92 Å². The maximum absolute atomic E-state index is 12.7. The molecule has 1 amide bonds. The molecule has 21 heavy (non-hydrogen) atoms. The summed E-state index contributed by atoms with van der Waals surface area (Å²) in [6.45, 7) is 5.36. The average Bonchev–Trinajstić information content (AvgIpc) is 2.76. The summed E-state index contributed by atoms with van der Waals surface area (Å²) < 4.78 is 0. The molecule has 1 aromatic rings. The summed E-state index contributed by atoms with van der Waals surface area (Å²) in [5.74, 6) is 1.73. The Hall–Kier alpha value is -1.35. The molecule has 1 aromatic carbocycles. The normalized spacial score (nSPS) is 33.4. The molecule has 4 atom stereocenters. The Labute approximate surface area is 127 Å². The number of nitrogens with zero attached hydrogens (tertiary/aromatic N) is 1. The van der Waals surface area contributed by atoms with Crippen LogP contribution in [0.15, 0.2) is 30.3 Å². The van der Waals surface area contributed by atoms with Crippen molar-refractivity contribution in [1.29, 1.82) is 0 Å². The number of carbonyl (C=O) groups is 1. The second kappa shape index (κ2) is 6.18. The minimum Gasteiger partial charge on any atom is -0.325 e. The Balaban J connectivity index is 1.68. The first kappa shape index (κ1) is 14.6. The molecule has 2 aliphatic rings. The molecule has 2 fully saturated rings. The molecule has 3 heteroatoms. The van der Waals surface area contributed by atoms with E-state index in [1.807, 2.05) is 30.3 Å². The fraction of sp³-hybridized carbons (Fsp3) is 0.611. The number of amides is 1. The summed E-state index contributed by atoms with van der Waals surface area (Å²) in [6.07, 6.45) is 5.35. The summed E-state index contributed by atoms with van der Waals surface area (Å²) in [6, 6.07) is 9.90. The molecule has 0 spiro atoms. The molecule has 1 aliphatic carbocycles. The van der Waals surface area contributed by atoms with Crippen LogP contribution >= 0.6 is 0 Å². The monoisotopic (exact) mass is 286 g/mol. The van der Waals surface area contributed by atoms with Crippen molar-refractivity contribution in [2.24, 2.45) is 11.8 Å². The predicted molar refractivity (Wildman–Crippen MR) is 84.6 cm³/mol. The van der Waals surface area contributed by atoms with Crippen LogP contribution in [0, 0.1) is 11.8 Å². The summed E-state index contributed by atoms with van der Waals surface area (Å²) in [5.41, 5.74) is 1.08. The summed E-state index contributed by atoms with van der Waals surface area (Å²) in [7, 11) is 0. The highest BCUT2D eigenvalue weighted by Gasteiger charge is 2.38. The van der Waals surface area contributed by atoms with Gasteiger partial charge in [0.05, 0.1) is 6.17 Å². The van der Waals surface area contributed by atoms with Gasteiger partial charge in [-0.1, -0.05) is 50.1 Å². The highest BCUT2D eigenvalue weighted by Crippen LogP contribution is 2.32. The lowest BCUT2D eigenvalue weighted by Crippen LogP contribution is -2.39. The smallest absolute Gasteiger partial charge is 0.245 e. The van der Waals surface area contributed by atoms with Crippen LogP contribution in [0.4, 0.5) is 0 Å². The van der Waals surface area contributed by atoms with Crippen molar-refractivity contribution in [3.05, 3.63) is 35.9 Å². The van der Waals surface area contributed by atoms with E-state index in [0.717, 1.165) is 18.0 Å². The second-order valence-electron chi connectivity index (χ2n) is 6.81. The van der Waals surface area contributed by atoms with Crippen LogP contribution in [-0.4, -0.2) is 23.5 Å². The zero-order chi connectivity index (χ0) is 14.8. The molecule has 0 radical (unpaired) electrons. The predicted octanol–water partition coefficient (Wildman–Crippen LogP) is 3.33. The zero-order valence-corrected chi connectivity index (χ0v) is 13.1. The lowest BCUT2D eigenvalue weighted by molar-refractivity contribution is -0.130. The van der Waals surface area contributed by atoms with Crippen molar-refractivity contribution < 1.29 is 4.79 Å². The minimum atomic E-state index is -0.165. The van der Waals surface area contributed by atoms with Gasteiger partial charge in [0.2, 0.25) is 5.91 Å². The molecule has 1 saturated heterocycles. The van der Waals surface area contributed by atoms with Gasteiger partial charge >= 0.3 is 0 Å². The maximum atomic E-state index is 12.7. The molecular weight excluding hydrogens is 260 g/mol. The van der Waals surface area contributed by atoms with Crippen LogP contribution in [0.1, 0.15) is 51.1 Å². The number of benzene rings is 1. The van der Waals surface area contributed by atoms with Crippen molar-refractivity contribution in [3.63, 3.8) is 0 Å². The Kier molecular flexibility index (Phi) is 4.29. The van der Waals surface area contributed by atoms with E-state index >= 15 is 0 Å². The Morgan fingerprint density at radius 1 is 1.19 bits per heavy atom. The largest absolute Gasteiger partial charge is 0.325 e. The highest BCUT2D eigenvalue weighted by atomic mass is 16.2. The zero-order valence-electron chi connectivity index (χ0n) is 13.1. The van der Waals surface area contributed by atoms with E-state index in [1.165, 1.54) is 25.7 Å². The van der Waals surface area contributed by atoms with Crippen LogP contribution in [-0.2, 0) is 4.79 Å². The van der Waals surface area contributed by atoms with Gasteiger partial charge in [-0.25, -0.2) is 0 Å². The van der Waals surface area contributed by atoms with E-state index in [9.17, 15) is 4.79 Å². The number of nitrogens with one attached hydrogen (secondary N) is 1. The van der Waals surface area contributed by atoms with E-state index < -0.39 is 0 Å². The second-order valence-corrected chi connectivity index (χ2v) is 6.81. The van der Waals surface area contributed by atoms with Gasteiger partial charge in [-0.05, 0) is 37.2 Å². The van der Waals surface area contributed by atoms with E-state index in [-0.39, 0.29) is 18.1 Å². The van der Waals surface area contributed by atoms with E-state index in [4.69, 9.17) is 0 Å². The SMILES string of the molecule is CC1CCCC(CN2C(=O)C(c3ccccc3)NC2C)C1. The molecular formula is C18H26N2O. The van der Waals surface area contributed by atoms with E-state index in [1.54, 1.807) is 0 Å². The fourth-order valence-corrected chi connectivity index (χ4v) is 3.90. The topological polar surface area (TPSA) is 32.3 Å². The minimum absolute atomic E-state index is 0.139. The Morgan fingerprint density at radius 2 is 1.95 bits per heavy atom. The van der Waals surface area contributed by atoms with Gasteiger partial charge in [0.25, 0.3) is 0 Å². The van der Waals surface area contributed by atoms with Gasteiger partial charge in [-0.3, -0.25) is 10.1 Å². The molecule has 0 aromatic heterocycles. The third kappa shape index (κ3) is 3.13. The van der Waals surface area contributed by atoms with Gasteiger partial charge < -0.3 is 4.90 Å². The fourth-order valence-electron chi connectivity index (χ4n) is 3.90. The first-order chi connectivity index (χ1) is 10.1. The number of hydrogen-bond acceptors (Lipinski definition) is 2. The summed E-state index contributed by atoms with van der Waals surface area (Å²) in [4.78, 5) is 14.8. The lowest BCUT2D eigenvalue weighted by atomic mass is 9.82. The standard InChI is InChI=1S/C18H26N2O/c1-13-7-6-8-15(11-13)12-20-14(2)19-17(18(20)21)16-9-4-3-5-10-16/h3-5,9-10,13-15,17,19H,6-8,11-12H2,1-2H3. The van der Waals surface area contributed by atoms with Gasteiger partial charge in [-0.2, -0.15) is 0 Å². The molecule has 114 valence electrons. The van der Waals surface area contributed by atoms with Crippen LogP contribution in [0.25, 0.3) is 0 Å². The molecule has 1 heterocycles. The quantitative estimate of drug-likeness (QED) is 0.924. The van der Waals surface area contributed by atoms with E-state index in [2.05, 4.69) is 24.1 Å². The molecule has 1 N–H and O–H groups in total. The number of carbonyl (C=O) groups excluding carboxylic acids is 1. The van der Waals surface area contributed by atoms with Crippen molar-refractivity contribution in [2.75, 3.05) is 6.54 Å².